The fraction of sp³-hybridized carbons (Fsp3) is 0.222. The van der Waals surface area contributed by atoms with E-state index >= 15 is 0 Å². The highest BCUT2D eigenvalue weighted by Gasteiger charge is 2.12. The van der Waals surface area contributed by atoms with Crippen molar-refractivity contribution in [3.05, 3.63) is 59.6 Å². The van der Waals surface area contributed by atoms with E-state index in [-0.39, 0.29) is 18.2 Å². The summed E-state index contributed by atoms with van der Waals surface area (Å²) < 4.78 is 0. The maximum Gasteiger partial charge on any atom is 0.226 e. The van der Waals surface area contributed by atoms with E-state index in [1.807, 2.05) is 30.3 Å². The van der Waals surface area contributed by atoms with Crippen molar-refractivity contribution in [2.75, 3.05) is 17.3 Å². The van der Waals surface area contributed by atoms with Gasteiger partial charge in [0, 0.05) is 25.6 Å². The molecule has 0 aliphatic rings. The van der Waals surface area contributed by atoms with Crippen LogP contribution in [0, 0.1) is 0 Å². The van der Waals surface area contributed by atoms with E-state index in [4.69, 9.17) is 11.6 Å². The Morgan fingerprint density at radius 2 is 1.65 bits per heavy atom. The van der Waals surface area contributed by atoms with Crippen LogP contribution in [0.15, 0.2) is 54.6 Å². The number of nitrogens with zero attached hydrogens (tertiary/aromatic N) is 1. The van der Waals surface area contributed by atoms with Gasteiger partial charge in [-0.25, -0.2) is 0 Å². The lowest BCUT2D eigenvalue weighted by Gasteiger charge is -2.17. The van der Waals surface area contributed by atoms with Crippen molar-refractivity contribution in [2.45, 2.75) is 19.3 Å². The van der Waals surface area contributed by atoms with Gasteiger partial charge in [0.1, 0.15) is 0 Å². The van der Waals surface area contributed by atoms with E-state index in [0.29, 0.717) is 23.6 Å². The molecular weight excluding hydrogens is 312 g/mol. The third kappa shape index (κ3) is 5.11. The van der Waals surface area contributed by atoms with Crippen LogP contribution in [0.25, 0.3) is 0 Å². The van der Waals surface area contributed by atoms with Crippen LogP contribution < -0.4 is 10.2 Å². The maximum atomic E-state index is 12.1. The Kier molecular flexibility index (Phi) is 6.18. The Hall–Kier alpha value is -2.33. The van der Waals surface area contributed by atoms with Crippen LogP contribution in [0.2, 0.25) is 5.02 Å². The van der Waals surface area contributed by atoms with Crippen LogP contribution in [0.5, 0.6) is 0 Å². The van der Waals surface area contributed by atoms with E-state index in [2.05, 4.69) is 5.32 Å². The van der Waals surface area contributed by atoms with E-state index < -0.39 is 0 Å². The van der Waals surface area contributed by atoms with E-state index in [9.17, 15) is 9.59 Å². The second kappa shape index (κ2) is 8.34. The van der Waals surface area contributed by atoms with E-state index in [1.54, 1.807) is 36.2 Å². The third-order valence-electron chi connectivity index (χ3n) is 3.46. The Morgan fingerprint density at radius 1 is 1.00 bits per heavy atom. The molecule has 1 N–H and O–H groups in total. The van der Waals surface area contributed by atoms with Crippen molar-refractivity contribution >= 4 is 34.8 Å². The summed E-state index contributed by atoms with van der Waals surface area (Å²) in [5, 5.41) is 3.25. The number of carbonyl (C=O) groups is 2. The molecule has 0 aliphatic heterocycles. The molecule has 4 nitrogen and oxygen atoms in total. The highest BCUT2D eigenvalue weighted by atomic mass is 35.5. The van der Waals surface area contributed by atoms with Crippen molar-refractivity contribution in [3.8, 4) is 0 Å². The molecular formula is C18H19ClN2O2. The van der Waals surface area contributed by atoms with Gasteiger partial charge in [0.15, 0.2) is 0 Å². The molecule has 0 fully saturated rings. The lowest BCUT2D eigenvalue weighted by molar-refractivity contribution is -0.118. The largest absolute Gasteiger partial charge is 0.325 e. The Morgan fingerprint density at radius 3 is 2.35 bits per heavy atom. The topological polar surface area (TPSA) is 49.4 Å². The number of rotatable bonds is 6. The Balaban J connectivity index is 1.77. The molecule has 0 heterocycles. The summed E-state index contributed by atoms with van der Waals surface area (Å²) in [4.78, 5) is 25.6. The second-order valence-corrected chi connectivity index (χ2v) is 5.58. The van der Waals surface area contributed by atoms with Gasteiger partial charge in [-0.05, 0) is 30.7 Å². The summed E-state index contributed by atoms with van der Waals surface area (Å²) in [6, 6.07) is 16.5. The van der Waals surface area contributed by atoms with Gasteiger partial charge in [0.2, 0.25) is 11.8 Å². The summed E-state index contributed by atoms with van der Waals surface area (Å²) in [6.07, 6.45) is 1.09. The van der Waals surface area contributed by atoms with Crippen molar-refractivity contribution < 1.29 is 9.59 Å². The smallest absolute Gasteiger partial charge is 0.226 e. The first-order valence-electron chi connectivity index (χ1n) is 7.44. The van der Waals surface area contributed by atoms with Crippen LogP contribution in [0.4, 0.5) is 11.4 Å². The average molecular weight is 331 g/mol. The first-order valence-corrected chi connectivity index (χ1v) is 7.81. The average Bonchev–Trinajstić information content (AvgIpc) is 2.57. The predicted octanol–water partition coefficient (Wildman–Crippen LogP) is 4.11. The number of carbonyl (C=O) groups excluding carboxylic acids is 2. The van der Waals surface area contributed by atoms with Gasteiger partial charge in [-0.3, -0.25) is 9.59 Å². The fourth-order valence-corrected chi connectivity index (χ4v) is 2.32. The fourth-order valence-electron chi connectivity index (χ4n) is 2.14. The van der Waals surface area contributed by atoms with Gasteiger partial charge in [-0.15, -0.1) is 0 Å². The second-order valence-electron chi connectivity index (χ2n) is 5.17. The minimum absolute atomic E-state index is 0.0123. The number of hydrogen-bond donors (Lipinski definition) is 1. The lowest BCUT2D eigenvalue weighted by atomic mass is 10.2. The van der Waals surface area contributed by atoms with Crippen LogP contribution in [-0.2, 0) is 9.59 Å². The van der Waals surface area contributed by atoms with Gasteiger partial charge in [-0.1, -0.05) is 41.9 Å². The van der Waals surface area contributed by atoms with E-state index in [1.165, 1.54) is 0 Å². The standard InChI is InChI=1S/C18H19ClN2O2/c1-21(14-8-3-2-4-9-14)18(23)13-7-12-17(22)20-16-11-6-5-10-15(16)19/h2-6,8-11H,7,12-13H2,1H3,(H,20,22). The molecule has 2 amide bonds. The van der Waals surface area contributed by atoms with E-state index in [0.717, 1.165) is 5.69 Å². The molecule has 0 aromatic heterocycles. The molecule has 2 rings (SSSR count). The minimum atomic E-state index is -0.145. The molecule has 0 bridgehead atoms. The van der Waals surface area contributed by atoms with Gasteiger partial charge in [-0.2, -0.15) is 0 Å². The number of halogens is 1. The summed E-state index contributed by atoms with van der Waals surface area (Å²) in [5.41, 5.74) is 1.44. The number of nitrogens with one attached hydrogen (secondary N) is 1. The van der Waals surface area contributed by atoms with Gasteiger partial charge >= 0.3 is 0 Å². The maximum absolute atomic E-state index is 12.1. The van der Waals surface area contributed by atoms with Crippen molar-refractivity contribution in [1.82, 2.24) is 0 Å². The van der Waals surface area contributed by atoms with Crippen LogP contribution in [0.3, 0.4) is 0 Å². The molecule has 0 atom stereocenters. The first-order chi connectivity index (χ1) is 11.1. The van der Waals surface area contributed by atoms with Crippen molar-refractivity contribution in [3.63, 3.8) is 0 Å². The molecule has 0 spiro atoms. The lowest BCUT2D eigenvalue weighted by Crippen LogP contribution is -2.26. The molecule has 120 valence electrons. The highest BCUT2D eigenvalue weighted by Crippen LogP contribution is 2.20. The zero-order valence-electron chi connectivity index (χ0n) is 13.0. The monoisotopic (exact) mass is 330 g/mol. The molecule has 0 radical (unpaired) electrons. The molecule has 0 saturated heterocycles. The van der Waals surface area contributed by atoms with Crippen molar-refractivity contribution in [1.29, 1.82) is 0 Å². The molecule has 2 aromatic rings. The van der Waals surface area contributed by atoms with Gasteiger partial charge in [0.05, 0.1) is 10.7 Å². The van der Waals surface area contributed by atoms with Gasteiger partial charge in [0.25, 0.3) is 0 Å². The number of amides is 2. The zero-order chi connectivity index (χ0) is 16.7. The summed E-state index contributed by atoms with van der Waals surface area (Å²) in [5.74, 6) is -0.157. The molecule has 23 heavy (non-hydrogen) atoms. The summed E-state index contributed by atoms with van der Waals surface area (Å²) >= 11 is 5.99. The van der Waals surface area contributed by atoms with Crippen molar-refractivity contribution in [2.24, 2.45) is 0 Å². The number of benzene rings is 2. The summed E-state index contributed by atoms with van der Waals surface area (Å²) in [7, 11) is 1.74. The first kappa shape index (κ1) is 17.0. The third-order valence-corrected chi connectivity index (χ3v) is 3.79. The molecule has 0 saturated carbocycles. The number of anilines is 2. The minimum Gasteiger partial charge on any atom is -0.325 e. The Bertz CT molecular complexity index is 674. The highest BCUT2D eigenvalue weighted by molar-refractivity contribution is 6.33. The number of para-hydroxylation sites is 2. The predicted molar refractivity (Wildman–Crippen MR) is 93.8 cm³/mol. The number of hydrogen-bond acceptors (Lipinski definition) is 2. The quantitative estimate of drug-likeness (QED) is 0.866. The Labute approximate surface area is 141 Å². The molecule has 0 aliphatic carbocycles. The molecule has 0 unspecified atom stereocenters. The summed E-state index contributed by atoms with van der Waals surface area (Å²) in [6.45, 7) is 0. The zero-order valence-corrected chi connectivity index (χ0v) is 13.7. The van der Waals surface area contributed by atoms with Gasteiger partial charge < -0.3 is 10.2 Å². The van der Waals surface area contributed by atoms with Crippen LogP contribution in [-0.4, -0.2) is 18.9 Å². The molecule has 2 aromatic carbocycles. The van der Waals surface area contributed by atoms with Crippen LogP contribution in [0.1, 0.15) is 19.3 Å². The SMILES string of the molecule is CN(C(=O)CCCC(=O)Nc1ccccc1Cl)c1ccccc1. The normalized spacial score (nSPS) is 10.2. The van der Waals surface area contributed by atoms with Crippen LogP contribution >= 0.6 is 11.6 Å². The molecule has 5 heteroatoms.